The van der Waals surface area contributed by atoms with Gasteiger partial charge in [-0.2, -0.15) is 0 Å². The molecular formula is C18H19IN4O5S2. The van der Waals surface area contributed by atoms with Gasteiger partial charge in [0.1, 0.15) is 17.2 Å². The molecule has 0 aliphatic carbocycles. The van der Waals surface area contributed by atoms with Crippen molar-refractivity contribution in [1.29, 1.82) is 0 Å². The number of furan rings is 1. The fourth-order valence-corrected chi connectivity index (χ4v) is 4.64. The van der Waals surface area contributed by atoms with Crippen LogP contribution in [0.4, 0.5) is 5.95 Å². The number of hydrogen-bond donors (Lipinski definition) is 0. The third-order valence-corrected chi connectivity index (χ3v) is 7.16. The van der Waals surface area contributed by atoms with Crippen LogP contribution in [0.15, 0.2) is 53.0 Å². The van der Waals surface area contributed by atoms with Crippen LogP contribution in [0.25, 0.3) is 17.3 Å². The average Bonchev–Trinajstić information content (AvgIpc) is 3.43. The summed E-state index contributed by atoms with van der Waals surface area (Å²) in [4.78, 5) is 0. The maximum absolute atomic E-state index is 12.8. The molecule has 0 N–H and O–H groups in total. The molecule has 12 heteroatoms. The van der Waals surface area contributed by atoms with E-state index < -0.39 is 10.0 Å². The lowest BCUT2D eigenvalue weighted by atomic mass is 10.2. The Bertz CT molecular complexity index is 1090. The molecule has 9 nitrogen and oxygen atoms in total. The second kappa shape index (κ2) is 9.75. The largest absolute Gasteiger partial charge is 0.494 e. The minimum atomic E-state index is -3.87. The molecule has 30 heavy (non-hydrogen) atoms. The van der Waals surface area contributed by atoms with Gasteiger partial charge < -0.3 is 13.9 Å². The van der Waals surface area contributed by atoms with Gasteiger partial charge in [-0.15, -0.1) is 10.2 Å². The lowest BCUT2D eigenvalue weighted by molar-refractivity contribution is 0.391. The number of hydrogen-bond acceptors (Lipinski definition) is 8. The van der Waals surface area contributed by atoms with Gasteiger partial charge in [0.15, 0.2) is 5.76 Å². The molecule has 2 heterocycles. The van der Waals surface area contributed by atoms with Gasteiger partial charge in [-0.3, -0.25) is 4.57 Å². The minimum absolute atomic E-state index is 0.0644. The zero-order chi connectivity index (χ0) is 21.7. The van der Waals surface area contributed by atoms with Crippen LogP contribution in [-0.2, 0) is 10.0 Å². The number of para-hydroxylation sites is 1. The Kier molecular flexibility index (Phi) is 7.31. The van der Waals surface area contributed by atoms with E-state index in [1.807, 2.05) is 0 Å². The third kappa shape index (κ3) is 4.30. The number of ether oxygens (including phenoxy) is 2. The highest BCUT2D eigenvalue weighted by Crippen LogP contribution is 2.39. The second-order valence-electron chi connectivity index (χ2n) is 5.74. The molecule has 3 aromatic rings. The summed E-state index contributed by atoms with van der Waals surface area (Å²) in [5.41, 5.74) is 0.445. The number of halogens is 1. The van der Waals surface area contributed by atoms with E-state index in [1.54, 1.807) is 34.9 Å². The molecule has 0 spiro atoms. The molecule has 0 unspecified atom stereocenters. The van der Waals surface area contributed by atoms with Crippen molar-refractivity contribution < 1.29 is 22.3 Å². The van der Waals surface area contributed by atoms with Crippen LogP contribution in [-0.4, -0.2) is 49.7 Å². The first-order chi connectivity index (χ1) is 14.5. The summed E-state index contributed by atoms with van der Waals surface area (Å²) in [6.07, 6.45) is 1.50. The lowest BCUT2D eigenvalue weighted by Crippen LogP contribution is -2.33. The van der Waals surface area contributed by atoms with E-state index in [-0.39, 0.29) is 12.5 Å². The predicted octanol–water partition coefficient (Wildman–Crippen LogP) is 3.91. The third-order valence-electron chi connectivity index (χ3n) is 4.13. The highest BCUT2D eigenvalue weighted by molar-refractivity contribution is 14.2. The van der Waals surface area contributed by atoms with Gasteiger partial charge in [0.25, 0.3) is 10.0 Å². The Morgan fingerprint density at radius 1 is 1.23 bits per heavy atom. The number of aromatic nitrogens is 3. The fraction of sp³-hybridized carbons (Fsp3) is 0.222. The van der Waals surface area contributed by atoms with E-state index in [4.69, 9.17) is 13.9 Å². The average molecular weight is 562 g/mol. The Morgan fingerprint density at radius 3 is 2.47 bits per heavy atom. The van der Waals surface area contributed by atoms with Crippen LogP contribution in [0.2, 0.25) is 0 Å². The smallest absolute Gasteiger partial charge is 0.259 e. The lowest BCUT2D eigenvalue weighted by Gasteiger charge is -2.23. The number of methoxy groups -OCH3 is 2. The van der Waals surface area contributed by atoms with Gasteiger partial charge in [-0.05, 0) is 45.5 Å². The second-order valence-corrected chi connectivity index (χ2v) is 10.0. The van der Waals surface area contributed by atoms with E-state index >= 15 is 0 Å². The van der Waals surface area contributed by atoms with Crippen molar-refractivity contribution in [3.63, 3.8) is 0 Å². The first-order valence-electron chi connectivity index (χ1n) is 8.57. The van der Waals surface area contributed by atoms with Crippen LogP contribution in [0.3, 0.4) is 0 Å². The van der Waals surface area contributed by atoms with Gasteiger partial charge in [-0.1, -0.05) is 21.6 Å². The van der Waals surface area contributed by atoms with Gasteiger partial charge in [-0.25, -0.2) is 12.7 Å². The molecule has 0 aliphatic heterocycles. The Hall–Kier alpha value is -2.19. The van der Waals surface area contributed by atoms with Crippen LogP contribution in [0.1, 0.15) is 0 Å². The van der Waals surface area contributed by atoms with Crippen molar-refractivity contribution in [2.75, 3.05) is 30.8 Å². The molecular weight excluding hydrogens is 543 g/mol. The zero-order valence-electron chi connectivity index (χ0n) is 16.2. The molecule has 0 radical (unpaired) electrons. The quantitative estimate of drug-likeness (QED) is 0.343. The van der Waals surface area contributed by atoms with Gasteiger partial charge >= 0.3 is 0 Å². The van der Waals surface area contributed by atoms with Crippen LogP contribution in [0, 0.1) is 0 Å². The summed E-state index contributed by atoms with van der Waals surface area (Å²) in [6, 6.07) is 8.65. The SMILES string of the molecule is C=CS(=O)(=O)N(CCSI)c1nnc(-c2ccco2)n1-c1c(OC)cccc1OC. The normalized spacial score (nSPS) is 11.3. The van der Waals surface area contributed by atoms with Crippen molar-refractivity contribution >= 4 is 46.1 Å². The molecule has 3 rings (SSSR count). The number of anilines is 1. The van der Waals surface area contributed by atoms with Gasteiger partial charge in [0.05, 0.1) is 20.5 Å². The standard InChI is InChI=1S/C18H19IN4O5S2/c1-4-30(24,25)22(10-12-29-19)18-21-20-17(15-9-6-11-28-15)23(18)16-13(26-2)7-5-8-14(16)27-3/h4-9,11H,1,10,12H2,2-3H3. The van der Waals surface area contributed by atoms with E-state index in [2.05, 4.69) is 38.0 Å². The number of sulfonamides is 1. The van der Waals surface area contributed by atoms with Crippen molar-refractivity contribution in [1.82, 2.24) is 14.8 Å². The van der Waals surface area contributed by atoms with Crippen molar-refractivity contribution in [3.05, 3.63) is 48.6 Å². The summed E-state index contributed by atoms with van der Waals surface area (Å²) in [5, 5.41) is 9.30. The Balaban J connectivity index is 2.36. The van der Waals surface area contributed by atoms with E-state index in [0.29, 0.717) is 34.5 Å². The Morgan fingerprint density at radius 2 is 1.93 bits per heavy atom. The van der Waals surface area contributed by atoms with Crippen molar-refractivity contribution in [2.45, 2.75) is 0 Å². The van der Waals surface area contributed by atoms with Crippen LogP contribution >= 0.6 is 30.1 Å². The fourth-order valence-electron chi connectivity index (χ4n) is 2.81. The van der Waals surface area contributed by atoms with Crippen molar-refractivity contribution in [2.24, 2.45) is 0 Å². The van der Waals surface area contributed by atoms with Crippen LogP contribution in [0.5, 0.6) is 11.5 Å². The van der Waals surface area contributed by atoms with Gasteiger partial charge in [0.2, 0.25) is 11.8 Å². The summed E-state index contributed by atoms with van der Waals surface area (Å²) in [5.74, 6) is 2.18. The summed E-state index contributed by atoms with van der Waals surface area (Å²) < 4.78 is 44.9. The van der Waals surface area contributed by atoms with E-state index in [1.165, 1.54) is 29.4 Å². The molecule has 0 atom stereocenters. The number of rotatable bonds is 10. The molecule has 0 fully saturated rings. The highest BCUT2D eigenvalue weighted by Gasteiger charge is 2.31. The summed E-state index contributed by atoms with van der Waals surface area (Å²) in [7, 11) is 0.639. The van der Waals surface area contributed by atoms with Crippen molar-refractivity contribution in [3.8, 4) is 28.8 Å². The maximum atomic E-state index is 12.8. The molecule has 1 aromatic carbocycles. The molecule has 0 aliphatic rings. The number of benzene rings is 1. The number of nitrogens with zero attached hydrogens (tertiary/aromatic N) is 4. The zero-order valence-corrected chi connectivity index (χ0v) is 20.0. The van der Waals surface area contributed by atoms with Gasteiger partial charge in [0, 0.05) is 17.7 Å². The summed E-state index contributed by atoms with van der Waals surface area (Å²) >= 11 is 2.11. The van der Waals surface area contributed by atoms with E-state index in [9.17, 15) is 8.42 Å². The summed E-state index contributed by atoms with van der Waals surface area (Å²) in [6.45, 7) is 3.61. The Labute approximate surface area is 190 Å². The predicted molar refractivity (Wildman–Crippen MR) is 125 cm³/mol. The monoisotopic (exact) mass is 562 g/mol. The topological polar surface area (TPSA) is 99.7 Å². The first-order valence-corrected chi connectivity index (χ1v) is 13.6. The maximum Gasteiger partial charge on any atom is 0.259 e. The van der Waals surface area contributed by atoms with Crippen LogP contribution < -0.4 is 13.8 Å². The molecule has 2 aromatic heterocycles. The molecule has 160 valence electrons. The molecule has 0 saturated heterocycles. The highest BCUT2D eigenvalue weighted by atomic mass is 127. The minimum Gasteiger partial charge on any atom is -0.494 e. The van der Waals surface area contributed by atoms with E-state index in [0.717, 1.165) is 9.71 Å². The molecule has 0 bridgehead atoms. The molecule has 0 amide bonds. The molecule has 0 saturated carbocycles. The first kappa shape index (κ1) is 22.5.